The first-order valence-corrected chi connectivity index (χ1v) is 5.01. The molecular weight excluding hydrogens is 256 g/mol. The number of thiazole rings is 1. The Bertz CT molecular complexity index is 228. The van der Waals surface area contributed by atoms with Crippen molar-refractivity contribution in [1.82, 2.24) is 4.98 Å². The third-order valence-electron chi connectivity index (χ3n) is 1.21. The molecule has 0 saturated carbocycles. The molecule has 1 aromatic heterocycles. The molecule has 54 valence electrons. The Morgan fingerprint density at radius 1 is 1.70 bits per heavy atom. The number of hydrogen-bond donors (Lipinski definition) is 0. The van der Waals surface area contributed by atoms with Crippen molar-refractivity contribution in [2.24, 2.45) is 0 Å². The van der Waals surface area contributed by atoms with Gasteiger partial charge in [-0.1, -0.05) is 22.6 Å². The molecule has 1 heterocycles. The highest BCUT2D eigenvalue weighted by molar-refractivity contribution is 14.1. The molecule has 0 spiro atoms. The van der Waals surface area contributed by atoms with Gasteiger partial charge in [0, 0.05) is 16.0 Å². The van der Waals surface area contributed by atoms with Crippen molar-refractivity contribution in [3.8, 4) is 0 Å². The van der Waals surface area contributed by atoms with Crippen LogP contribution >= 0.6 is 33.9 Å². The largest absolute Gasteiger partial charge is 0.261 e. The molecule has 0 radical (unpaired) electrons. The van der Waals surface area contributed by atoms with Crippen molar-refractivity contribution in [3.63, 3.8) is 0 Å². The van der Waals surface area contributed by atoms with Crippen LogP contribution < -0.4 is 4.91 Å². The predicted octanol–water partition coefficient (Wildman–Crippen LogP) is 1.07. The standard InChI is InChI=1S/C6H9BINS/c1-6(2,8)4-3-9-5(7)10-4/h3H,7H2,1-2H3. The maximum absolute atomic E-state index is 4.20. The lowest BCUT2D eigenvalue weighted by molar-refractivity contribution is 0.845. The van der Waals surface area contributed by atoms with Crippen LogP contribution in [0.2, 0.25) is 0 Å². The molecule has 0 N–H and O–H groups in total. The van der Waals surface area contributed by atoms with E-state index in [2.05, 4.69) is 41.4 Å². The Morgan fingerprint density at radius 2 is 2.30 bits per heavy atom. The molecule has 0 unspecified atom stereocenters. The van der Waals surface area contributed by atoms with Gasteiger partial charge in [-0.25, -0.2) is 0 Å². The second kappa shape index (κ2) is 2.81. The van der Waals surface area contributed by atoms with Gasteiger partial charge < -0.3 is 0 Å². The van der Waals surface area contributed by atoms with E-state index in [4.69, 9.17) is 0 Å². The molecule has 0 aliphatic carbocycles. The van der Waals surface area contributed by atoms with Crippen molar-refractivity contribution in [2.75, 3.05) is 0 Å². The molecule has 0 aromatic carbocycles. The Balaban J connectivity index is 2.96. The average molecular weight is 265 g/mol. The molecular formula is C6H9BINS. The number of halogens is 1. The minimum Gasteiger partial charge on any atom is -0.261 e. The van der Waals surface area contributed by atoms with Crippen LogP contribution in [0.3, 0.4) is 0 Å². The monoisotopic (exact) mass is 265 g/mol. The van der Waals surface area contributed by atoms with Gasteiger partial charge in [-0.15, -0.1) is 11.3 Å². The fraction of sp³-hybridized carbons (Fsp3) is 0.500. The predicted molar refractivity (Wildman–Crippen MR) is 57.3 cm³/mol. The highest BCUT2D eigenvalue weighted by Gasteiger charge is 2.17. The van der Waals surface area contributed by atoms with Crippen molar-refractivity contribution < 1.29 is 0 Å². The molecule has 0 aliphatic rings. The highest BCUT2D eigenvalue weighted by Crippen LogP contribution is 2.31. The van der Waals surface area contributed by atoms with E-state index >= 15 is 0 Å². The zero-order valence-electron chi connectivity index (χ0n) is 6.31. The second-order valence-corrected chi connectivity index (χ2v) is 6.65. The topological polar surface area (TPSA) is 12.9 Å². The number of nitrogens with zero attached hydrogens (tertiary/aromatic N) is 1. The smallest absolute Gasteiger partial charge is 0.177 e. The summed E-state index contributed by atoms with van der Waals surface area (Å²) in [5.41, 5.74) is 0. The summed E-state index contributed by atoms with van der Waals surface area (Å²) < 4.78 is 0.240. The lowest BCUT2D eigenvalue weighted by atomic mass is 10.2. The van der Waals surface area contributed by atoms with Crippen LogP contribution in [0.25, 0.3) is 0 Å². The van der Waals surface area contributed by atoms with E-state index in [0.717, 1.165) is 4.91 Å². The summed E-state index contributed by atoms with van der Waals surface area (Å²) in [5.74, 6) is 0. The van der Waals surface area contributed by atoms with Gasteiger partial charge in [0.2, 0.25) is 0 Å². The molecule has 1 nitrogen and oxygen atoms in total. The molecule has 0 atom stereocenters. The van der Waals surface area contributed by atoms with Crippen LogP contribution in [-0.4, -0.2) is 12.8 Å². The average Bonchev–Trinajstić information content (AvgIpc) is 2.11. The van der Waals surface area contributed by atoms with Crippen LogP contribution in [0, 0.1) is 0 Å². The van der Waals surface area contributed by atoms with Gasteiger partial charge in [-0.3, -0.25) is 4.98 Å². The Morgan fingerprint density at radius 3 is 2.50 bits per heavy atom. The minimum atomic E-state index is 0.240. The molecule has 0 bridgehead atoms. The van der Waals surface area contributed by atoms with Crippen LogP contribution in [0.4, 0.5) is 0 Å². The lowest BCUT2D eigenvalue weighted by Crippen LogP contribution is -2.03. The number of rotatable bonds is 1. The fourth-order valence-corrected chi connectivity index (χ4v) is 1.88. The highest BCUT2D eigenvalue weighted by atomic mass is 127. The number of aromatic nitrogens is 1. The van der Waals surface area contributed by atoms with Gasteiger partial charge in [0.15, 0.2) is 7.85 Å². The summed E-state index contributed by atoms with van der Waals surface area (Å²) >= 11 is 4.20. The lowest BCUT2D eigenvalue weighted by Gasteiger charge is -2.11. The van der Waals surface area contributed by atoms with E-state index in [1.165, 1.54) is 4.88 Å². The molecule has 1 aromatic rings. The van der Waals surface area contributed by atoms with E-state index in [1.807, 2.05) is 14.0 Å². The first-order valence-electron chi connectivity index (χ1n) is 3.12. The van der Waals surface area contributed by atoms with Gasteiger partial charge in [0.05, 0.1) is 3.42 Å². The van der Waals surface area contributed by atoms with Gasteiger partial charge in [0.1, 0.15) is 0 Å². The molecule has 1 rings (SSSR count). The summed E-state index contributed by atoms with van der Waals surface area (Å²) in [6.45, 7) is 4.39. The van der Waals surface area contributed by atoms with Crippen LogP contribution in [0.5, 0.6) is 0 Å². The zero-order valence-corrected chi connectivity index (χ0v) is 9.28. The Hall–Kier alpha value is 0.425. The molecule has 0 aliphatic heterocycles. The van der Waals surface area contributed by atoms with Crippen LogP contribution in [-0.2, 0) is 3.42 Å². The Kier molecular flexibility index (Phi) is 2.40. The summed E-state index contributed by atoms with van der Waals surface area (Å²) in [7, 11) is 2.04. The normalized spacial score (nSPS) is 11.9. The van der Waals surface area contributed by atoms with Crippen LogP contribution in [0.15, 0.2) is 6.20 Å². The van der Waals surface area contributed by atoms with E-state index in [0.29, 0.717) is 0 Å². The third kappa shape index (κ3) is 1.95. The van der Waals surface area contributed by atoms with Crippen molar-refractivity contribution >= 4 is 46.7 Å². The molecule has 4 heteroatoms. The van der Waals surface area contributed by atoms with E-state index in [1.54, 1.807) is 11.3 Å². The van der Waals surface area contributed by atoms with Crippen molar-refractivity contribution in [2.45, 2.75) is 17.3 Å². The summed E-state index contributed by atoms with van der Waals surface area (Å²) in [6.07, 6.45) is 1.96. The maximum atomic E-state index is 4.20. The van der Waals surface area contributed by atoms with E-state index < -0.39 is 0 Å². The summed E-state index contributed by atoms with van der Waals surface area (Å²) in [5, 5.41) is 0. The van der Waals surface area contributed by atoms with Crippen LogP contribution in [0.1, 0.15) is 18.7 Å². The van der Waals surface area contributed by atoms with Gasteiger partial charge in [-0.2, -0.15) is 0 Å². The number of alkyl halides is 1. The first-order chi connectivity index (χ1) is 4.50. The van der Waals surface area contributed by atoms with Gasteiger partial charge in [0.25, 0.3) is 0 Å². The van der Waals surface area contributed by atoms with Gasteiger partial charge >= 0.3 is 0 Å². The molecule has 0 saturated heterocycles. The maximum Gasteiger partial charge on any atom is 0.177 e. The Labute approximate surface area is 79.8 Å². The van der Waals surface area contributed by atoms with Crippen molar-refractivity contribution in [3.05, 3.63) is 11.1 Å². The third-order valence-corrected chi connectivity index (χ3v) is 3.39. The van der Waals surface area contributed by atoms with E-state index in [-0.39, 0.29) is 3.42 Å². The van der Waals surface area contributed by atoms with Crippen molar-refractivity contribution in [1.29, 1.82) is 0 Å². The minimum absolute atomic E-state index is 0.240. The summed E-state index contributed by atoms with van der Waals surface area (Å²) in [6, 6.07) is 0. The quantitative estimate of drug-likeness (QED) is 0.420. The first kappa shape index (κ1) is 8.52. The molecule has 0 amide bonds. The fourth-order valence-electron chi connectivity index (χ4n) is 0.636. The molecule has 10 heavy (non-hydrogen) atoms. The zero-order chi connectivity index (χ0) is 7.78. The summed E-state index contributed by atoms with van der Waals surface area (Å²) in [4.78, 5) is 6.70. The number of hydrogen-bond acceptors (Lipinski definition) is 2. The molecule has 0 fully saturated rings. The van der Waals surface area contributed by atoms with Gasteiger partial charge in [-0.05, 0) is 13.8 Å². The van der Waals surface area contributed by atoms with E-state index in [9.17, 15) is 0 Å². The second-order valence-electron chi connectivity index (χ2n) is 2.72. The SMILES string of the molecule is Bc1ncc(C(C)(C)I)s1.